The van der Waals surface area contributed by atoms with Crippen LogP contribution in [0.3, 0.4) is 0 Å². The van der Waals surface area contributed by atoms with Gasteiger partial charge in [0.2, 0.25) is 0 Å². The van der Waals surface area contributed by atoms with Crippen molar-refractivity contribution >= 4 is 17.7 Å². The third kappa shape index (κ3) is 3.68. The number of benzene rings is 3. The van der Waals surface area contributed by atoms with Gasteiger partial charge in [0.25, 0.3) is 0 Å². The highest BCUT2D eigenvalue weighted by molar-refractivity contribution is 6.10. The number of halogens is 1. The van der Waals surface area contributed by atoms with Crippen LogP contribution in [0.5, 0.6) is 5.75 Å². The van der Waals surface area contributed by atoms with Crippen LogP contribution in [-0.4, -0.2) is 24.3 Å². The topological polar surface area (TPSA) is 69.7 Å². The molecule has 162 valence electrons. The van der Waals surface area contributed by atoms with E-state index in [1.807, 2.05) is 6.07 Å². The maximum absolute atomic E-state index is 13.5. The first-order chi connectivity index (χ1) is 15.5. The van der Waals surface area contributed by atoms with Gasteiger partial charge in [0, 0.05) is 23.5 Å². The Morgan fingerprint density at radius 3 is 2.31 bits per heavy atom. The summed E-state index contributed by atoms with van der Waals surface area (Å²) in [6, 6.07) is 21.0. The first-order valence-electron chi connectivity index (χ1n) is 10.3. The van der Waals surface area contributed by atoms with Crippen LogP contribution < -0.4 is 4.74 Å². The van der Waals surface area contributed by atoms with E-state index < -0.39 is 41.3 Å². The minimum absolute atomic E-state index is 0.0295. The number of esters is 2. The summed E-state index contributed by atoms with van der Waals surface area (Å²) in [7, 11) is 0. The van der Waals surface area contributed by atoms with Crippen LogP contribution in [0.1, 0.15) is 40.7 Å². The van der Waals surface area contributed by atoms with Crippen molar-refractivity contribution < 1.29 is 28.2 Å². The molecule has 0 amide bonds. The zero-order chi connectivity index (χ0) is 22.7. The molecule has 0 bridgehead atoms. The average Bonchev–Trinajstić information content (AvgIpc) is 2.80. The van der Waals surface area contributed by atoms with Gasteiger partial charge in [-0.05, 0) is 42.8 Å². The highest BCUT2D eigenvalue weighted by Crippen LogP contribution is 2.52. The Bertz CT molecular complexity index is 1160. The number of carbonyl (C=O) groups is 3. The van der Waals surface area contributed by atoms with Crippen molar-refractivity contribution in [2.75, 3.05) is 6.61 Å². The molecule has 0 unspecified atom stereocenters. The van der Waals surface area contributed by atoms with Gasteiger partial charge >= 0.3 is 11.9 Å². The Balaban J connectivity index is 1.91. The molecule has 0 aromatic heterocycles. The quantitative estimate of drug-likeness (QED) is 0.244. The predicted octanol–water partition coefficient (Wildman–Crippen LogP) is 4.70. The molecule has 4 rings (SSSR count). The van der Waals surface area contributed by atoms with E-state index in [4.69, 9.17) is 9.47 Å². The number of ether oxygens (including phenoxy) is 2. The monoisotopic (exact) mass is 432 g/mol. The van der Waals surface area contributed by atoms with Gasteiger partial charge in [0.05, 0.1) is 6.61 Å². The van der Waals surface area contributed by atoms with Crippen molar-refractivity contribution in [2.45, 2.75) is 19.3 Å². The van der Waals surface area contributed by atoms with Gasteiger partial charge in [-0.15, -0.1) is 0 Å². The van der Waals surface area contributed by atoms with Crippen LogP contribution in [0.2, 0.25) is 0 Å². The van der Waals surface area contributed by atoms with E-state index in [1.54, 1.807) is 55.5 Å². The van der Waals surface area contributed by atoms with E-state index in [-0.39, 0.29) is 12.2 Å². The summed E-state index contributed by atoms with van der Waals surface area (Å²) in [6.45, 7) is 1.66. The van der Waals surface area contributed by atoms with E-state index in [2.05, 4.69) is 0 Å². The summed E-state index contributed by atoms with van der Waals surface area (Å²) in [4.78, 5) is 40.1. The molecule has 0 saturated heterocycles. The highest BCUT2D eigenvalue weighted by atomic mass is 19.1. The van der Waals surface area contributed by atoms with E-state index in [0.29, 0.717) is 16.9 Å². The normalized spacial score (nSPS) is 19.6. The molecular formula is C26H21FO5. The van der Waals surface area contributed by atoms with Gasteiger partial charge < -0.3 is 9.47 Å². The second-order valence-electron chi connectivity index (χ2n) is 7.57. The molecule has 0 N–H and O–H groups in total. The van der Waals surface area contributed by atoms with Crippen LogP contribution in [0.15, 0.2) is 78.9 Å². The maximum atomic E-state index is 13.5. The van der Waals surface area contributed by atoms with Crippen molar-refractivity contribution in [3.63, 3.8) is 0 Å². The van der Waals surface area contributed by atoms with Crippen molar-refractivity contribution in [1.82, 2.24) is 0 Å². The van der Waals surface area contributed by atoms with Crippen molar-refractivity contribution in [3.05, 3.63) is 101 Å². The Morgan fingerprint density at radius 1 is 0.969 bits per heavy atom. The Labute approximate surface area is 184 Å². The van der Waals surface area contributed by atoms with Crippen LogP contribution in [0.25, 0.3) is 0 Å². The second kappa shape index (κ2) is 8.75. The number of rotatable bonds is 6. The fraction of sp³-hybridized carbons (Fsp3) is 0.192. The number of Topliss-reactive ketones (excluding diaryl/α,β-unsaturated/α-hetero) is 1. The van der Waals surface area contributed by atoms with E-state index in [9.17, 15) is 18.8 Å². The molecule has 3 aromatic carbocycles. The SMILES string of the molecule is CCOC(=O)[C@@]1(CC(=O)c2ccc(F)cc2)C(=O)Oc2ccccc2[C@@H]1c1ccccc1. The first-order valence-corrected chi connectivity index (χ1v) is 10.3. The lowest BCUT2D eigenvalue weighted by molar-refractivity contribution is -0.169. The van der Waals surface area contributed by atoms with Crippen molar-refractivity contribution in [1.29, 1.82) is 0 Å². The highest BCUT2D eigenvalue weighted by Gasteiger charge is 2.60. The largest absolute Gasteiger partial charge is 0.465 e. The Hall–Kier alpha value is -3.80. The molecule has 1 aliphatic rings. The number of carbonyl (C=O) groups excluding carboxylic acids is 3. The zero-order valence-electron chi connectivity index (χ0n) is 17.4. The Morgan fingerprint density at radius 2 is 1.62 bits per heavy atom. The van der Waals surface area contributed by atoms with E-state index in [1.165, 1.54) is 12.1 Å². The summed E-state index contributed by atoms with van der Waals surface area (Å²) in [5.74, 6) is -3.13. The molecule has 5 nitrogen and oxygen atoms in total. The summed E-state index contributed by atoms with van der Waals surface area (Å²) >= 11 is 0. The predicted molar refractivity (Wildman–Crippen MR) is 115 cm³/mol. The number of para-hydroxylation sites is 1. The van der Waals surface area contributed by atoms with E-state index in [0.717, 1.165) is 12.1 Å². The lowest BCUT2D eigenvalue weighted by atomic mass is 9.64. The van der Waals surface area contributed by atoms with Crippen LogP contribution >= 0.6 is 0 Å². The molecular weight excluding hydrogens is 411 g/mol. The molecule has 32 heavy (non-hydrogen) atoms. The van der Waals surface area contributed by atoms with Crippen molar-refractivity contribution in [3.8, 4) is 5.75 Å². The smallest absolute Gasteiger partial charge is 0.330 e. The number of hydrogen-bond acceptors (Lipinski definition) is 5. The second-order valence-corrected chi connectivity index (χ2v) is 7.57. The van der Waals surface area contributed by atoms with Gasteiger partial charge in [-0.3, -0.25) is 14.4 Å². The summed E-state index contributed by atoms with van der Waals surface area (Å²) in [6.07, 6.45) is -0.482. The lowest BCUT2D eigenvalue weighted by Crippen LogP contribution is -2.52. The summed E-state index contributed by atoms with van der Waals surface area (Å²) in [5, 5.41) is 0. The third-order valence-electron chi connectivity index (χ3n) is 5.67. The maximum Gasteiger partial charge on any atom is 0.330 e. The van der Waals surface area contributed by atoms with Crippen LogP contribution in [0, 0.1) is 11.2 Å². The van der Waals surface area contributed by atoms with Gasteiger partial charge in [0.1, 0.15) is 11.6 Å². The minimum Gasteiger partial charge on any atom is -0.465 e. The summed E-state index contributed by atoms with van der Waals surface area (Å²) in [5.41, 5.74) is -0.458. The average molecular weight is 432 g/mol. The standard InChI is InChI=1S/C26H21FO5/c1-2-31-24(29)26(16-21(28)17-12-14-19(27)15-13-17)23(18-8-4-3-5-9-18)20-10-6-7-11-22(20)32-25(26)30/h3-15,23H,2,16H2,1H3/t23-,26-/m0/s1. The van der Waals surface area contributed by atoms with Gasteiger partial charge in [-0.1, -0.05) is 48.5 Å². The molecule has 0 spiro atoms. The molecule has 1 aliphatic heterocycles. The van der Waals surface area contributed by atoms with Crippen LogP contribution in [0.4, 0.5) is 4.39 Å². The third-order valence-corrected chi connectivity index (χ3v) is 5.67. The van der Waals surface area contributed by atoms with Gasteiger partial charge in [-0.25, -0.2) is 4.39 Å². The molecule has 0 saturated carbocycles. The van der Waals surface area contributed by atoms with Gasteiger partial charge in [0.15, 0.2) is 11.2 Å². The molecule has 0 aliphatic carbocycles. The molecule has 1 heterocycles. The molecule has 0 fully saturated rings. The molecule has 3 aromatic rings. The minimum atomic E-state index is -1.93. The fourth-order valence-electron chi connectivity index (χ4n) is 4.19. The number of fused-ring (bicyclic) bond motifs is 1. The molecule has 2 atom stereocenters. The molecule has 6 heteroatoms. The summed E-state index contributed by atoms with van der Waals surface area (Å²) < 4.78 is 24.3. The van der Waals surface area contributed by atoms with Crippen LogP contribution in [-0.2, 0) is 14.3 Å². The molecule has 0 radical (unpaired) electrons. The first kappa shape index (κ1) is 21.4. The Kier molecular flexibility index (Phi) is 5.86. The van der Waals surface area contributed by atoms with Crippen molar-refractivity contribution in [2.24, 2.45) is 5.41 Å². The fourth-order valence-corrected chi connectivity index (χ4v) is 4.19. The number of hydrogen-bond donors (Lipinski definition) is 0. The number of ketones is 1. The lowest BCUT2D eigenvalue weighted by Gasteiger charge is -2.40. The zero-order valence-corrected chi connectivity index (χ0v) is 17.4. The van der Waals surface area contributed by atoms with E-state index >= 15 is 0 Å². The van der Waals surface area contributed by atoms with Gasteiger partial charge in [-0.2, -0.15) is 0 Å².